The van der Waals surface area contributed by atoms with Gasteiger partial charge in [-0.2, -0.15) is 0 Å². The van der Waals surface area contributed by atoms with Crippen LogP contribution < -0.4 is 0 Å². The Bertz CT molecular complexity index is 3610. The summed E-state index contributed by atoms with van der Waals surface area (Å²) in [5.41, 5.74) is 20.7. The van der Waals surface area contributed by atoms with Crippen molar-refractivity contribution in [2.75, 3.05) is 0 Å². The molecular formula is C61H40. The third-order valence-corrected chi connectivity index (χ3v) is 13.9. The van der Waals surface area contributed by atoms with Gasteiger partial charge < -0.3 is 0 Å². The molecule has 0 saturated heterocycles. The van der Waals surface area contributed by atoms with Crippen molar-refractivity contribution in [3.8, 4) is 11.1 Å². The average Bonchev–Trinajstić information content (AvgIpc) is 3.91. The van der Waals surface area contributed by atoms with E-state index in [0.29, 0.717) is 0 Å². The van der Waals surface area contributed by atoms with Gasteiger partial charge in [0.1, 0.15) is 0 Å². The lowest BCUT2D eigenvalue weighted by Gasteiger charge is -2.22. The molecule has 284 valence electrons. The van der Waals surface area contributed by atoms with Crippen LogP contribution in [0.3, 0.4) is 0 Å². The molecule has 0 saturated carbocycles. The maximum Gasteiger partial charge on any atom is 0.0158 e. The average molecular weight is 773 g/mol. The van der Waals surface area contributed by atoms with Crippen LogP contribution in [0.1, 0.15) is 58.4 Å². The highest BCUT2D eigenvalue weighted by atomic mass is 14.4. The van der Waals surface area contributed by atoms with Gasteiger partial charge in [-0.05, 0) is 162 Å². The minimum atomic E-state index is -0.0755. The van der Waals surface area contributed by atoms with Crippen LogP contribution in [-0.2, 0) is 5.41 Å². The van der Waals surface area contributed by atoms with Crippen LogP contribution in [-0.4, -0.2) is 0 Å². The van der Waals surface area contributed by atoms with Gasteiger partial charge in [-0.25, -0.2) is 0 Å². The van der Waals surface area contributed by atoms with Crippen LogP contribution in [0.4, 0.5) is 0 Å². The Balaban J connectivity index is 1.19. The number of hydrogen-bond acceptors (Lipinski definition) is 0. The lowest BCUT2D eigenvalue weighted by molar-refractivity contribution is 0.660. The van der Waals surface area contributed by atoms with Crippen molar-refractivity contribution in [1.82, 2.24) is 0 Å². The number of benzene rings is 10. The molecule has 0 heteroatoms. The zero-order valence-corrected chi connectivity index (χ0v) is 34.1. The lowest BCUT2D eigenvalue weighted by atomic mass is 9.81. The van der Waals surface area contributed by atoms with Crippen molar-refractivity contribution in [2.24, 2.45) is 0 Å². The molecule has 0 bridgehead atoms. The molecule has 10 aromatic carbocycles. The molecule has 10 aromatic rings. The first kappa shape index (κ1) is 34.3. The van der Waals surface area contributed by atoms with Gasteiger partial charge in [-0.15, -0.1) is 0 Å². The molecule has 3 aliphatic carbocycles. The first-order valence-corrected chi connectivity index (χ1v) is 21.5. The number of allylic oxidation sites excluding steroid dienone is 5. The number of fused-ring (bicyclic) bond motifs is 13. The maximum atomic E-state index is 2.52. The Morgan fingerprint density at radius 3 is 1.21 bits per heavy atom. The summed E-state index contributed by atoms with van der Waals surface area (Å²) < 4.78 is 0. The van der Waals surface area contributed by atoms with E-state index < -0.39 is 0 Å². The minimum Gasteiger partial charge on any atom is -0.0622 e. The zero-order valence-electron chi connectivity index (χ0n) is 34.1. The summed E-state index contributed by atoms with van der Waals surface area (Å²) >= 11 is 0. The molecule has 0 nitrogen and oxygen atoms in total. The summed E-state index contributed by atoms with van der Waals surface area (Å²) in [4.78, 5) is 0. The van der Waals surface area contributed by atoms with E-state index in [4.69, 9.17) is 0 Å². The van der Waals surface area contributed by atoms with Crippen molar-refractivity contribution in [2.45, 2.75) is 19.3 Å². The molecule has 0 amide bonds. The molecule has 0 heterocycles. The van der Waals surface area contributed by atoms with Crippen LogP contribution in [0, 0.1) is 0 Å². The van der Waals surface area contributed by atoms with Crippen molar-refractivity contribution in [3.63, 3.8) is 0 Å². The summed E-state index contributed by atoms with van der Waals surface area (Å²) in [6, 6.07) is 77.5. The molecule has 0 N–H and O–H groups in total. The maximum absolute atomic E-state index is 2.52. The topological polar surface area (TPSA) is 0 Å². The fraction of sp³-hybridized carbons (Fsp3) is 0.0492. The standard InChI is InChI=1S/C61H40/c1-61(2)53-29-17-16-28-47(53)50-32-40(30-31-54(50)61)58-56(38-20-8-4-9-21-38)57(39-22-10-5-11-23-39)60-55(37-18-6-3-7-19-37)51-35-41-33-48-45-26-14-12-24-43(45)44-25-13-15-27-46(44)49(48)34-42(41)36-52(51)59(58)60/h3-36H,1-2H3. The third kappa shape index (κ3) is 4.82. The van der Waals surface area contributed by atoms with E-state index in [0.717, 1.165) is 0 Å². The highest BCUT2D eigenvalue weighted by Gasteiger charge is 2.41. The van der Waals surface area contributed by atoms with Crippen molar-refractivity contribution in [3.05, 3.63) is 256 Å². The van der Waals surface area contributed by atoms with Gasteiger partial charge in [0.2, 0.25) is 0 Å². The largest absolute Gasteiger partial charge is 0.0622 e. The van der Waals surface area contributed by atoms with E-state index in [2.05, 4.69) is 220 Å². The van der Waals surface area contributed by atoms with Gasteiger partial charge in [-0.1, -0.05) is 190 Å². The normalized spacial score (nSPS) is 15.0. The Hall–Kier alpha value is -7.54. The molecule has 0 atom stereocenters. The monoisotopic (exact) mass is 772 g/mol. The fourth-order valence-corrected chi connectivity index (χ4v) is 11.2. The molecule has 0 unspecified atom stereocenters. The summed E-state index contributed by atoms with van der Waals surface area (Å²) in [6.45, 7) is 4.75. The Morgan fingerprint density at radius 1 is 0.246 bits per heavy atom. The first-order chi connectivity index (χ1) is 30.0. The van der Waals surface area contributed by atoms with Gasteiger partial charge >= 0.3 is 0 Å². The zero-order chi connectivity index (χ0) is 40.4. The van der Waals surface area contributed by atoms with Gasteiger partial charge in [-0.3, -0.25) is 0 Å². The minimum absolute atomic E-state index is 0.0755. The molecule has 61 heavy (non-hydrogen) atoms. The van der Waals surface area contributed by atoms with Crippen LogP contribution in [0.25, 0.3) is 82.1 Å². The quantitative estimate of drug-likeness (QED) is 0.123. The highest BCUT2D eigenvalue weighted by molar-refractivity contribution is 6.40. The second kappa shape index (κ2) is 12.7. The summed E-state index contributed by atoms with van der Waals surface area (Å²) in [7, 11) is 0. The van der Waals surface area contributed by atoms with Crippen molar-refractivity contribution < 1.29 is 0 Å². The number of rotatable bonds is 4. The van der Waals surface area contributed by atoms with Crippen molar-refractivity contribution in [1.29, 1.82) is 0 Å². The predicted octanol–water partition coefficient (Wildman–Crippen LogP) is 16.0. The second-order valence-corrected chi connectivity index (χ2v) is 17.5. The molecule has 0 aromatic heterocycles. The number of hydrogen-bond donors (Lipinski definition) is 0. The Kier molecular flexibility index (Phi) is 7.17. The first-order valence-electron chi connectivity index (χ1n) is 21.5. The Morgan fingerprint density at radius 2 is 0.656 bits per heavy atom. The molecule has 3 aliphatic rings. The summed E-state index contributed by atoms with van der Waals surface area (Å²) in [6.07, 6.45) is 0. The van der Waals surface area contributed by atoms with E-state index in [9.17, 15) is 0 Å². The van der Waals surface area contributed by atoms with Crippen LogP contribution in [0.2, 0.25) is 0 Å². The van der Waals surface area contributed by atoms with Gasteiger partial charge in [0.15, 0.2) is 0 Å². The van der Waals surface area contributed by atoms with Crippen molar-refractivity contribution >= 4 is 71.0 Å². The van der Waals surface area contributed by atoms with E-state index in [1.165, 1.54) is 132 Å². The summed E-state index contributed by atoms with van der Waals surface area (Å²) in [5.74, 6) is 0. The van der Waals surface area contributed by atoms with E-state index in [1.807, 2.05) is 0 Å². The lowest BCUT2D eigenvalue weighted by Crippen LogP contribution is -2.14. The summed E-state index contributed by atoms with van der Waals surface area (Å²) in [5, 5.41) is 10.3. The van der Waals surface area contributed by atoms with Gasteiger partial charge in [0.05, 0.1) is 0 Å². The van der Waals surface area contributed by atoms with Crippen LogP contribution >= 0.6 is 0 Å². The SMILES string of the molecule is CC1(C)c2ccccc2-c2cc(C3=C4C(=C(c5ccccc5)c5cc6cc7c8ccccc8c8ccccc8c7cc6cc54)C(c4ccccc4)=C3c3ccccc3)ccc21. The predicted molar refractivity (Wildman–Crippen MR) is 259 cm³/mol. The van der Waals surface area contributed by atoms with Gasteiger partial charge in [0.25, 0.3) is 0 Å². The molecule has 13 rings (SSSR count). The molecule has 0 spiro atoms. The molecule has 0 aliphatic heterocycles. The fourth-order valence-electron chi connectivity index (χ4n) is 11.2. The Labute approximate surface area is 356 Å². The second-order valence-electron chi connectivity index (χ2n) is 17.5. The van der Waals surface area contributed by atoms with E-state index in [-0.39, 0.29) is 5.41 Å². The van der Waals surface area contributed by atoms with E-state index in [1.54, 1.807) is 0 Å². The third-order valence-electron chi connectivity index (χ3n) is 13.9. The highest BCUT2D eigenvalue weighted by Crippen LogP contribution is 2.62. The van der Waals surface area contributed by atoms with Crippen LogP contribution in [0.15, 0.2) is 212 Å². The molecular weight excluding hydrogens is 733 g/mol. The van der Waals surface area contributed by atoms with Crippen LogP contribution in [0.5, 0.6) is 0 Å². The van der Waals surface area contributed by atoms with E-state index >= 15 is 0 Å². The molecule has 0 radical (unpaired) electrons. The van der Waals surface area contributed by atoms with Gasteiger partial charge in [0, 0.05) is 5.41 Å². The molecule has 0 fully saturated rings. The smallest absolute Gasteiger partial charge is 0.0158 e.